The molecular weight excluding hydrogens is 414 g/mol. The monoisotopic (exact) mass is 433 g/mol. The molecule has 0 spiro atoms. The SMILES string of the molecule is COc1cccc(-c2csc3nc(NC(=O)Cc4noc5cc(C)cc(C)c45)nn23)c1. The number of ether oxygens (including phenoxy) is 1. The number of hydrogen-bond donors (Lipinski definition) is 1. The van der Waals surface area contributed by atoms with Crippen LogP contribution in [0.5, 0.6) is 5.75 Å². The van der Waals surface area contributed by atoms with Crippen LogP contribution in [0.15, 0.2) is 46.3 Å². The fourth-order valence-electron chi connectivity index (χ4n) is 3.68. The largest absolute Gasteiger partial charge is 0.497 e. The first-order valence-electron chi connectivity index (χ1n) is 9.66. The van der Waals surface area contributed by atoms with E-state index in [0.29, 0.717) is 16.2 Å². The van der Waals surface area contributed by atoms with Crippen molar-refractivity contribution in [3.8, 4) is 17.0 Å². The highest BCUT2D eigenvalue weighted by Crippen LogP contribution is 2.28. The maximum absolute atomic E-state index is 12.6. The number of methoxy groups -OCH3 is 1. The normalized spacial score (nSPS) is 11.3. The lowest BCUT2D eigenvalue weighted by Crippen LogP contribution is -2.16. The first kappa shape index (κ1) is 19.3. The van der Waals surface area contributed by atoms with Crippen molar-refractivity contribution in [2.75, 3.05) is 12.4 Å². The summed E-state index contributed by atoms with van der Waals surface area (Å²) in [5.74, 6) is 0.758. The predicted molar refractivity (Wildman–Crippen MR) is 119 cm³/mol. The second-order valence-electron chi connectivity index (χ2n) is 7.29. The maximum Gasteiger partial charge on any atom is 0.250 e. The van der Waals surface area contributed by atoms with Gasteiger partial charge in [-0.05, 0) is 43.2 Å². The summed E-state index contributed by atoms with van der Waals surface area (Å²) in [4.78, 5) is 17.8. The Kier molecular flexibility index (Phi) is 4.67. The molecule has 2 aromatic carbocycles. The van der Waals surface area contributed by atoms with E-state index >= 15 is 0 Å². The zero-order valence-corrected chi connectivity index (χ0v) is 18.0. The highest BCUT2D eigenvalue weighted by Gasteiger charge is 2.18. The van der Waals surface area contributed by atoms with Gasteiger partial charge in [0.25, 0.3) is 0 Å². The Hall–Kier alpha value is -3.72. The molecule has 0 aliphatic carbocycles. The number of nitrogens with zero attached hydrogens (tertiary/aromatic N) is 4. The number of rotatable bonds is 5. The molecule has 0 aliphatic heterocycles. The summed E-state index contributed by atoms with van der Waals surface area (Å²) in [6.45, 7) is 3.98. The van der Waals surface area contributed by atoms with E-state index in [1.807, 2.05) is 55.6 Å². The average molecular weight is 433 g/mol. The van der Waals surface area contributed by atoms with Crippen LogP contribution in [0.25, 0.3) is 27.2 Å². The number of carbonyl (C=O) groups excluding carboxylic acids is 1. The number of anilines is 1. The van der Waals surface area contributed by atoms with E-state index in [1.165, 1.54) is 11.3 Å². The van der Waals surface area contributed by atoms with Gasteiger partial charge >= 0.3 is 0 Å². The molecule has 0 fully saturated rings. The van der Waals surface area contributed by atoms with Gasteiger partial charge in [0.05, 0.1) is 19.2 Å². The minimum Gasteiger partial charge on any atom is -0.497 e. The number of hydrogen-bond acceptors (Lipinski definition) is 7. The van der Waals surface area contributed by atoms with Crippen LogP contribution >= 0.6 is 11.3 Å². The highest BCUT2D eigenvalue weighted by molar-refractivity contribution is 7.15. The Morgan fingerprint density at radius 3 is 2.97 bits per heavy atom. The average Bonchev–Trinajstić information content (AvgIpc) is 3.42. The zero-order chi connectivity index (χ0) is 21.5. The summed E-state index contributed by atoms with van der Waals surface area (Å²) in [6.07, 6.45) is 0.0759. The highest BCUT2D eigenvalue weighted by atomic mass is 32.1. The third kappa shape index (κ3) is 3.53. The van der Waals surface area contributed by atoms with Crippen molar-refractivity contribution in [1.82, 2.24) is 19.8 Å². The van der Waals surface area contributed by atoms with Crippen LogP contribution in [0, 0.1) is 13.8 Å². The van der Waals surface area contributed by atoms with Gasteiger partial charge in [-0.3, -0.25) is 10.1 Å². The maximum atomic E-state index is 12.6. The van der Waals surface area contributed by atoms with Gasteiger partial charge in [-0.25, -0.2) is 4.52 Å². The van der Waals surface area contributed by atoms with Crippen LogP contribution in [0.1, 0.15) is 16.8 Å². The molecular formula is C22H19N5O3S. The van der Waals surface area contributed by atoms with E-state index in [0.717, 1.165) is 33.5 Å². The summed E-state index contributed by atoms with van der Waals surface area (Å²) in [7, 11) is 1.63. The lowest BCUT2D eigenvalue weighted by Gasteiger charge is -2.03. The van der Waals surface area contributed by atoms with Gasteiger partial charge in [0.15, 0.2) is 5.58 Å². The molecule has 0 saturated carbocycles. The topological polar surface area (TPSA) is 94.5 Å². The van der Waals surface area contributed by atoms with Crippen molar-refractivity contribution in [2.24, 2.45) is 0 Å². The standard InChI is InChI=1S/C22H19N5O3S/c1-12-7-13(2)20-16(26-30-18(20)8-12)10-19(28)23-21-24-22-27(25-21)17(11-31-22)14-5-4-6-15(9-14)29-3/h4-9,11H,10H2,1-3H3,(H,23,25,28). The van der Waals surface area contributed by atoms with Gasteiger partial charge in [0.2, 0.25) is 16.8 Å². The molecule has 9 heteroatoms. The Labute approximate surface area is 181 Å². The fourth-order valence-corrected chi connectivity index (χ4v) is 4.51. The van der Waals surface area contributed by atoms with E-state index in [-0.39, 0.29) is 18.3 Å². The number of nitrogens with one attached hydrogen (secondary N) is 1. The molecule has 3 heterocycles. The first-order chi connectivity index (χ1) is 15.0. The molecule has 3 aromatic heterocycles. The lowest BCUT2D eigenvalue weighted by molar-refractivity contribution is -0.115. The Morgan fingerprint density at radius 2 is 2.13 bits per heavy atom. The van der Waals surface area contributed by atoms with E-state index in [2.05, 4.69) is 20.6 Å². The summed E-state index contributed by atoms with van der Waals surface area (Å²) < 4.78 is 12.4. The van der Waals surface area contributed by atoms with E-state index in [9.17, 15) is 4.79 Å². The summed E-state index contributed by atoms with van der Waals surface area (Å²) in [5, 5.41) is 14.2. The third-order valence-corrected chi connectivity index (χ3v) is 5.83. The molecule has 0 atom stereocenters. The summed E-state index contributed by atoms with van der Waals surface area (Å²) in [6, 6.07) is 11.7. The molecule has 156 valence electrons. The second-order valence-corrected chi connectivity index (χ2v) is 8.13. The summed E-state index contributed by atoms with van der Waals surface area (Å²) in [5.41, 5.74) is 5.23. The Bertz CT molecular complexity index is 1430. The molecule has 0 saturated heterocycles. The molecule has 1 N–H and O–H groups in total. The smallest absolute Gasteiger partial charge is 0.250 e. The molecule has 5 rings (SSSR count). The van der Waals surface area contributed by atoms with Crippen molar-refractivity contribution < 1.29 is 14.1 Å². The Balaban J connectivity index is 1.39. The molecule has 1 amide bonds. The van der Waals surface area contributed by atoms with Crippen LogP contribution in [-0.4, -0.2) is 32.8 Å². The van der Waals surface area contributed by atoms with Crippen LogP contribution in [-0.2, 0) is 11.2 Å². The molecule has 0 bridgehead atoms. The number of benzene rings is 2. The van der Waals surface area contributed by atoms with Gasteiger partial charge in [0.1, 0.15) is 11.4 Å². The van der Waals surface area contributed by atoms with Crippen molar-refractivity contribution in [3.63, 3.8) is 0 Å². The van der Waals surface area contributed by atoms with Crippen LogP contribution in [0.4, 0.5) is 5.95 Å². The lowest BCUT2D eigenvalue weighted by atomic mass is 10.0. The molecule has 0 unspecified atom stereocenters. The predicted octanol–water partition coefficient (Wildman–Crippen LogP) is 4.41. The number of carbonyl (C=O) groups is 1. The van der Waals surface area contributed by atoms with Gasteiger partial charge in [-0.2, -0.15) is 4.98 Å². The van der Waals surface area contributed by atoms with Crippen molar-refractivity contribution in [2.45, 2.75) is 20.3 Å². The fraction of sp³-hybridized carbons (Fsp3) is 0.182. The van der Waals surface area contributed by atoms with Crippen molar-refractivity contribution >= 4 is 39.1 Å². The number of aromatic nitrogens is 4. The molecule has 0 aliphatic rings. The van der Waals surface area contributed by atoms with Crippen molar-refractivity contribution in [3.05, 3.63) is 58.6 Å². The number of thiazole rings is 1. The quantitative estimate of drug-likeness (QED) is 0.441. The number of aryl methyl sites for hydroxylation is 2. The van der Waals surface area contributed by atoms with Crippen LogP contribution < -0.4 is 10.1 Å². The summed E-state index contributed by atoms with van der Waals surface area (Å²) >= 11 is 1.45. The van der Waals surface area contributed by atoms with Gasteiger partial charge in [0, 0.05) is 16.3 Å². The van der Waals surface area contributed by atoms with E-state index < -0.39 is 0 Å². The Morgan fingerprint density at radius 1 is 1.26 bits per heavy atom. The van der Waals surface area contributed by atoms with Crippen molar-refractivity contribution in [1.29, 1.82) is 0 Å². The van der Waals surface area contributed by atoms with Crippen LogP contribution in [0.2, 0.25) is 0 Å². The molecule has 31 heavy (non-hydrogen) atoms. The molecule has 0 radical (unpaired) electrons. The second kappa shape index (κ2) is 7.51. The van der Waals surface area contributed by atoms with Crippen LogP contribution in [0.3, 0.4) is 0 Å². The van der Waals surface area contributed by atoms with E-state index in [4.69, 9.17) is 9.26 Å². The van der Waals surface area contributed by atoms with Gasteiger partial charge in [-0.1, -0.05) is 23.4 Å². The zero-order valence-electron chi connectivity index (χ0n) is 17.2. The molecule has 5 aromatic rings. The third-order valence-electron chi connectivity index (χ3n) is 5.01. The first-order valence-corrected chi connectivity index (χ1v) is 10.5. The minimum absolute atomic E-state index is 0.0759. The number of fused-ring (bicyclic) bond motifs is 2. The molecule has 8 nitrogen and oxygen atoms in total. The minimum atomic E-state index is -0.253. The number of amides is 1. The van der Waals surface area contributed by atoms with E-state index in [1.54, 1.807) is 11.6 Å². The van der Waals surface area contributed by atoms with Gasteiger partial charge < -0.3 is 9.26 Å². The van der Waals surface area contributed by atoms with Gasteiger partial charge in [-0.15, -0.1) is 16.4 Å².